The number of hydrogen-bond donors (Lipinski definition) is 1. The Hall–Kier alpha value is -3.10. The largest absolute Gasteiger partial charge is 0.496 e. The van der Waals surface area contributed by atoms with Gasteiger partial charge in [0.2, 0.25) is 0 Å². The van der Waals surface area contributed by atoms with E-state index < -0.39 is 0 Å². The van der Waals surface area contributed by atoms with E-state index in [4.69, 9.17) is 16.3 Å². The Morgan fingerprint density at radius 2 is 2.00 bits per heavy atom. The summed E-state index contributed by atoms with van der Waals surface area (Å²) < 4.78 is 7.24. The molecule has 0 saturated heterocycles. The standard InChI is InChI=1S/C22H22ClN5O2S/c1-3-28-21(17-10-12-18(23)13-11-17)26-27-22(28)31-15-20(29)25-24-14-6-8-16-7-4-5-9-19(16)30-2/h4-14H,3,15H2,1-2H3,(H,25,29)/b8-6+,24-14-. The van der Waals surface area contributed by atoms with Crippen LogP contribution in [0, 0.1) is 0 Å². The quantitative estimate of drug-likeness (QED) is 0.291. The van der Waals surface area contributed by atoms with Gasteiger partial charge in [0.15, 0.2) is 11.0 Å². The average molecular weight is 456 g/mol. The number of aromatic nitrogens is 3. The van der Waals surface area contributed by atoms with Gasteiger partial charge in [0.25, 0.3) is 5.91 Å². The molecule has 0 bridgehead atoms. The van der Waals surface area contributed by atoms with E-state index in [2.05, 4.69) is 20.7 Å². The van der Waals surface area contributed by atoms with Crippen molar-refractivity contribution in [3.05, 3.63) is 65.2 Å². The number of thioether (sulfide) groups is 1. The van der Waals surface area contributed by atoms with Crippen LogP contribution in [0.25, 0.3) is 17.5 Å². The molecule has 1 aromatic heterocycles. The monoisotopic (exact) mass is 455 g/mol. The van der Waals surface area contributed by atoms with Crippen LogP contribution in [-0.4, -0.2) is 39.7 Å². The van der Waals surface area contributed by atoms with Crippen molar-refractivity contribution in [3.8, 4) is 17.1 Å². The molecule has 3 rings (SSSR count). The number of rotatable bonds is 9. The van der Waals surface area contributed by atoms with Crippen LogP contribution in [0.2, 0.25) is 5.02 Å². The Bertz CT molecular complexity index is 1080. The molecule has 0 unspecified atom stereocenters. The number of methoxy groups -OCH3 is 1. The van der Waals surface area contributed by atoms with E-state index in [0.29, 0.717) is 16.7 Å². The first-order chi connectivity index (χ1) is 15.1. The van der Waals surface area contributed by atoms with Crippen molar-refractivity contribution in [2.24, 2.45) is 5.10 Å². The first-order valence-corrected chi connectivity index (χ1v) is 10.9. The second-order valence-corrected chi connectivity index (χ2v) is 7.64. The van der Waals surface area contributed by atoms with Gasteiger partial charge >= 0.3 is 0 Å². The third kappa shape index (κ3) is 6.19. The maximum absolute atomic E-state index is 12.1. The zero-order valence-corrected chi connectivity index (χ0v) is 18.7. The molecule has 0 saturated carbocycles. The molecule has 1 N–H and O–H groups in total. The molecule has 7 nitrogen and oxygen atoms in total. The Labute approximate surface area is 190 Å². The molecule has 0 aliphatic heterocycles. The second-order valence-electron chi connectivity index (χ2n) is 6.26. The van der Waals surface area contributed by atoms with Gasteiger partial charge in [0.05, 0.1) is 12.9 Å². The number of benzene rings is 2. The highest BCUT2D eigenvalue weighted by Crippen LogP contribution is 2.25. The molecule has 160 valence electrons. The van der Waals surface area contributed by atoms with E-state index in [1.54, 1.807) is 13.2 Å². The van der Waals surface area contributed by atoms with Crippen molar-refractivity contribution in [2.45, 2.75) is 18.6 Å². The van der Waals surface area contributed by atoms with E-state index in [0.717, 1.165) is 22.7 Å². The lowest BCUT2D eigenvalue weighted by Gasteiger charge is -2.07. The van der Waals surface area contributed by atoms with Gasteiger partial charge in [0, 0.05) is 28.9 Å². The van der Waals surface area contributed by atoms with Crippen LogP contribution in [-0.2, 0) is 11.3 Å². The number of carbonyl (C=O) groups excluding carboxylic acids is 1. The van der Waals surface area contributed by atoms with Gasteiger partial charge in [-0.05, 0) is 49.4 Å². The lowest BCUT2D eigenvalue weighted by molar-refractivity contribution is -0.118. The van der Waals surface area contributed by atoms with Crippen LogP contribution < -0.4 is 10.2 Å². The first-order valence-electron chi connectivity index (χ1n) is 9.56. The summed E-state index contributed by atoms with van der Waals surface area (Å²) in [4.78, 5) is 12.1. The van der Waals surface area contributed by atoms with E-state index in [-0.39, 0.29) is 11.7 Å². The van der Waals surface area contributed by atoms with Gasteiger partial charge in [-0.15, -0.1) is 10.2 Å². The molecular formula is C22H22ClN5O2S. The highest BCUT2D eigenvalue weighted by molar-refractivity contribution is 7.99. The molecule has 3 aromatic rings. The van der Waals surface area contributed by atoms with Crippen LogP contribution in [0.4, 0.5) is 0 Å². The SMILES string of the molecule is CCn1c(SCC(=O)N/N=C\C=C\c2ccccc2OC)nnc1-c1ccc(Cl)cc1. The number of halogens is 1. The van der Waals surface area contributed by atoms with Gasteiger partial charge in [0.1, 0.15) is 5.75 Å². The van der Waals surface area contributed by atoms with Gasteiger partial charge in [-0.25, -0.2) is 5.43 Å². The van der Waals surface area contributed by atoms with Crippen LogP contribution in [0.3, 0.4) is 0 Å². The number of hydrazone groups is 1. The van der Waals surface area contributed by atoms with Gasteiger partial charge in [-0.1, -0.05) is 41.6 Å². The molecule has 2 aromatic carbocycles. The van der Waals surface area contributed by atoms with E-state index in [1.165, 1.54) is 18.0 Å². The third-order valence-electron chi connectivity index (χ3n) is 4.23. The normalized spacial score (nSPS) is 11.3. The number of nitrogens with zero attached hydrogens (tertiary/aromatic N) is 4. The van der Waals surface area contributed by atoms with Crippen molar-refractivity contribution in [3.63, 3.8) is 0 Å². The zero-order chi connectivity index (χ0) is 22.1. The summed E-state index contributed by atoms with van der Waals surface area (Å²) in [5, 5.41) is 13.8. The lowest BCUT2D eigenvalue weighted by Crippen LogP contribution is -2.19. The fraction of sp³-hybridized carbons (Fsp3) is 0.182. The van der Waals surface area contributed by atoms with Crippen molar-refractivity contribution in [2.75, 3.05) is 12.9 Å². The molecule has 9 heteroatoms. The number of nitrogens with one attached hydrogen (secondary N) is 1. The maximum atomic E-state index is 12.1. The number of ether oxygens (including phenoxy) is 1. The van der Waals surface area contributed by atoms with Crippen LogP contribution in [0.15, 0.2) is 64.9 Å². The van der Waals surface area contributed by atoms with E-state index in [1.807, 2.05) is 66.1 Å². The molecule has 0 spiro atoms. The van der Waals surface area contributed by atoms with Crippen LogP contribution in [0.1, 0.15) is 12.5 Å². The highest BCUT2D eigenvalue weighted by atomic mass is 35.5. The molecular weight excluding hydrogens is 434 g/mol. The Morgan fingerprint density at radius 1 is 1.23 bits per heavy atom. The van der Waals surface area contributed by atoms with E-state index >= 15 is 0 Å². The minimum Gasteiger partial charge on any atom is -0.496 e. The molecule has 1 amide bonds. The minimum absolute atomic E-state index is 0.173. The lowest BCUT2D eigenvalue weighted by atomic mass is 10.2. The molecule has 0 atom stereocenters. The van der Waals surface area contributed by atoms with Gasteiger partial charge in [-0.2, -0.15) is 5.10 Å². The Kier molecular flexibility index (Phi) is 8.26. The number of hydrogen-bond acceptors (Lipinski definition) is 6. The summed E-state index contributed by atoms with van der Waals surface area (Å²) in [5.41, 5.74) is 4.35. The predicted octanol–water partition coefficient (Wildman–Crippen LogP) is 4.53. The van der Waals surface area contributed by atoms with Crippen LogP contribution >= 0.6 is 23.4 Å². The summed E-state index contributed by atoms with van der Waals surface area (Å²) in [6.07, 6.45) is 5.10. The van der Waals surface area contributed by atoms with Gasteiger partial charge in [-0.3, -0.25) is 4.79 Å². The Morgan fingerprint density at radius 3 is 2.74 bits per heavy atom. The molecule has 1 heterocycles. The summed E-state index contributed by atoms with van der Waals surface area (Å²) in [5.74, 6) is 1.45. The smallest absolute Gasteiger partial charge is 0.250 e. The number of para-hydroxylation sites is 1. The second kappa shape index (κ2) is 11.3. The number of amides is 1. The molecule has 0 radical (unpaired) electrons. The average Bonchev–Trinajstić information content (AvgIpc) is 3.21. The van der Waals surface area contributed by atoms with Crippen molar-refractivity contribution in [1.29, 1.82) is 0 Å². The highest BCUT2D eigenvalue weighted by Gasteiger charge is 2.14. The minimum atomic E-state index is -0.231. The van der Waals surface area contributed by atoms with Gasteiger partial charge < -0.3 is 9.30 Å². The van der Waals surface area contributed by atoms with E-state index in [9.17, 15) is 4.79 Å². The van der Waals surface area contributed by atoms with Crippen molar-refractivity contribution in [1.82, 2.24) is 20.2 Å². The fourth-order valence-electron chi connectivity index (χ4n) is 2.76. The topological polar surface area (TPSA) is 81.4 Å². The molecule has 31 heavy (non-hydrogen) atoms. The summed E-state index contributed by atoms with van der Waals surface area (Å²) in [6.45, 7) is 2.69. The molecule has 0 aliphatic carbocycles. The number of allylic oxidation sites excluding steroid dienone is 1. The molecule has 0 aliphatic rings. The first kappa shape index (κ1) is 22.6. The molecule has 0 fully saturated rings. The Balaban J connectivity index is 1.53. The summed E-state index contributed by atoms with van der Waals surface area (Å²) >= 11 is 7.26. The zero-order valence-electron chi connectivity index (χ0n) is 17.2. The fourth-order valence-corrected chi connectivity index (χ4v) is 3.68. The predicted molar refractivity (Wildman–Crippen MR) is 126 cm³/mol. The van der Waals surface area contributed by atoms with Crippen molar-refractivity contribution >= 4 is 41.6 Å². The summed E-state index contributed by atoms with van der Waals surface area (Å²) in [7, 11) is 1.62. The maximum Gasteiger partial charge on any atom is 0.250 e. The summed E-state index contributed by atoms with van der Waals surface area (Å²) in [6, 6.07) is 15.0. The van der Waals surface area contributed by atoms with Crippen molar-refractivity contribution < 1.29 is 9.53 Å². The number of carbonyl (C=O) groups is 1. The van der Waals surface area contributed by atoms with Crippen LogP contribution in [0.5, 0.6) is 5.75 Å². The third-order valence-corrected chi connectivity index (χ3v) is 5.45.